The molecule has 0 atom stereocenters. The minimum absolute atomic E-state index is 0. The topological polar surface area (TPSA) is 54.4 Å². The second kappa shape index (κ2) is 12.1. The van der Waals surface area contributed by atoms with Crippen molar-refractivity contribution in [2.45, 2.75) is 26.2 Å². The maximum absolute atomic E-state index is 12.4. The zero-order valence-electron chi connectivity index (χ0n) is 19.6. The first-order valence-electron chi connectivity index (χ1n) is 11.9. The molecule has 1 aromatic carbocycles. The van der Waals surface area contributed by atoms with E-state index in [1.165, 1.54) is 17.7 Å². The first kappa shape index (κ1) is 25.1. The van der Waals surface area contributed by atoms with Crippen LogP contribution in [0.2, 0.25) is 0 Å². The van der Waals surface area contributed by atoms with Gasteiger partial charge in [-0.05, 0) is 37.5 Å². The summed E-state index contributed by atoms with van der Waals surface area (Å²) in [4.78, 5) is 26.3. The van der Waals surface area contributed by atoms with Gasteiger partial charge in [-0.15, -0.1) is 24.0 Å². The standard InChI is InChI=1S/C24H38N6O.HI/c1-20-5-3-8-22(19-20)28-15-17-30(18-16-28)24(25-2)26-9-10-27-11-13-29(14-12-27)23(31)21-6-4-7-21;/h3,5,8,19,21H,4,6-7,9-18H2,1-2H3,(H,25,26);1H. The molecule has 0 aromatic heterocycles. The molecule has 1 aliphatic carbocycles. The number of guanidine groups is 1. The number of hydrogen-bond donors (Lipinski definition) is 1. The minimum Gasteiger partial charge on any atom is -0.368 e. The van der Waals surface area contributed by atoms with Crippen LogP contribution in [0.4, 0.5) is 5.69 Å². The van der Waals surface area contributed by atoms with Gasteiger partial charge in [0, 0.05) is 84.1 Å². The summed E-state index contributed by atoms with van der Waals surface area (Å²) in [5.74, 6) is 1.72. The molecule has 2 aliphatic heterocycles. The predicted octanol–water partition coefficient (Wildman–Crippen LogP) is 2.25. The Morgan fingerprint density at radius 2 is 1.72 bits per heavy atom. The average Bonchev–Trinajstić information content (AvgIpc) is 2.76. The lowest BCUT2D eigenvalue weighted by Gasteiger charge is -2.39. The monoisotopic (exact) mass is 554 g/mol. The van der Waals surface area contributed by atoms with Gasteiger partial charge < -0.3 is 20.0 Å². The molecule has 0 bridgehead atoms. The number of aliphatic imine (C=N–C) groups is 1. The van der Waals surface area contributed by atoms with Gasteiger partial charge in [-0.25, -0.2) is 0 Å². The third-order valence-corrected chi connectivity index (χ3v) is 7.01. The second-order valence-corrected chi connectivity index (χ2v) is 9.08. The summed E-state index contributed by atoms with van der Waals surface area (Å²) in [5, 5.41) is 3.56. The smallest absolute Gasteiger partial charge is 0.225 e. The highest BCUT2D eigenvalue weighted by Crippen LogP contribution is 2.28. The fourth-order valence-corrected chi connectivity index (χ4v) is 4.76. The fourth-order valence-electron chi connectivity index (χ4n) is 4.76. The van der Waals surface area contributed by atoms with Gasteiger partial charge in [-0.3, -0.25) is 14.7 Å². The normalized spacial score (nSPS) is 20.6. The van der Waals surface area contributed by atoms with E-state index in [2.05, 4.69) is 61.1 Å². The molecule has 0 unspecified atom stereocenters. The van der Waals surface area contributed by atoms with Crippen molar-refractivity contribution in [3.8, 4) is 0 Å². The second-order valence-electron chi connectivity index (χ2n) is 9.08. The van der Waals surface area contributed by atoms with Crippen LogP contribution in [0.3, 0.4) is 0 Å². The van der Waals surface area contributed by atoms with Crippen molar-refractivity contribution < 1.29 is 4.79 Å². The van der Waals surface area contributed by atoms with E-state index in [1.54, 1.807) is 0 Å². The lowest BCUT2D eigenvalue weighted by molar-refractivity contribution is -0.139. The number of carbonyl (C=O) groups excluding carboxylic acids is 1. The first-order valence-corrected chi connectivity index (χ1v) is 11.9. The number of carbonyl (C=O) groups is 1. The molecule has 4 rings (SSSR count). The number of nitrogens with zero attached hydrogens (tertiary/aromatic N) is 5. The van der Waals surface area contributed by atoms with Crippen LogP contribution in [0.5, 0.6) is 0 Å². The lowest BCUT2D eigenvalue weighted by Crippen LogP contribution is -2.54. The molecule has 8 heteroatoms. The van der Waals surface area contributed by atoms with E-state index in [0.717, 1.165) is 84.2 Å². The van der Waals surface area contributed by atoms with Gasteiger partial charge in [-0.2, -0.15) is 0 Å². The largest absolute Gasteiger partial charge is 0.368 e. The summed E-state index contributed by atoms with van der Waals surface area (Å²) < 4.78 is 0. The van der Waals surface area contributed by atoms with Crippen LogP contribution in [0.25, 0.3) is 0 Å². The molecule has 2 heterocycles. The van der Waals surface area contributed by atoms with Gasteiger partial charge in [0.1, 0.15) is 0 Å². The third-order valence-electron chi connectivity index (χ3n) is 7.01. The Morgan fingerprint density at radius 3 is 2.31 bits per heavy atom. The number of anilines is 1. The van der Waals surface area contributed by atoms with Crippen molar-refractivity contribution >= 4 is 41.5 Å². The Kier molecular flexibility index (Phi) is 9.46. The van der Waals surface area contributed by atoms with E-state index >= 15 is 0 Å². The van der Waals surface area contributed by atoms with Gasteiger partial charge >= 0.3 is 0 Å². The van der Waals surface area contributed by atoms with Crippen molar-refractivity contribution in [3.05, 3.63) is 29.8 Å². The molecule has 0 spiro atoms. The first-order chi connectivity index (χ1) is 15.1. The molecule has 1 saturated carbocycles. The number of nitrogens with one attached hydrogen (secondary N) is 1. The number of benzene rings is 1. The van der Waals surface area contributed by atoms with E-state index in [-0.39, 0.29) is 24.0 Å². The third kappa shape index (κ3) is 6.27. The summed E-state index contributed by atoms with van der Waals surface area (Å²) in [7, 11) is 1.88. The summed E-state index contributed by atoms with van der Waals surface area (Å²) >= 11 is 0. The van der Waals surface area contributed by atoms with Crippen molar-refractivity contribution in [3.63, 3.8) is 0 Å². The van der Waals surface area contributed by atoms with Gasteiger partial charge in [-0.1, -0.05) is 18.6 Å². The van der Waals surface area contributed by atoms with E-state index in [9.17, 15) is 4.79 Å². The predicted molar refractivity (Wildman–Crippen MR) is 142 cm³/mol. The highest BCUT2D eigenvalue weighted by atomic mass is 127. The van der Waals surface area contributed by atoms with E-state index in [0.29, 0.717) is 11.8 Å². The Labute approximate surface area is 210 Å². The van der Waals surface area contributed by atoms with Crippen molar-refractivity contribution in [1.82, 2.24) is 20.0 Å². The number of hydrogen-bond acceptors (Lipinski definition) is 4. The zero-order valence-corrected chi connectivity index (χ0v) is 22.0. The number of rotatable bonds is 5. The van der Waals surface area contributed by atoms with Crippen molar-refractivity contribution in [1.29, 1.82) is 0 Å². The molecular formula is C24H39IN6O. The summed E-state index contributed by atoms with van der Waals surface area (Å²) in [5.41, 5.74) is 2.63. The molecule has 32 heavy (non-hydrogen) atoms. The molecule has 178 valence electrons. The van der Waals surface area contributed by atoms with Gasteiger partial charge in [0.05, 0.1) is 0 Å². The number of amides is 1. The molecule has 0 radical (unpaired) electrons. The van der Waals surface area contributed by atoms with Crippen LogP contribution in [0, 0.1) is 12.8 Å². The fraction of sp³-hybridized carbons (Fsp3) is 0.667. The summed E-state index contributed by atoms with van der Waals surface area (Å²) in [6, 6.07) is 8.76. The average molecular weight is 555 g/mol. The SMILES string of the molecule is CN=C(NCCN1CCN(C(=O)C2CCC2)CC1)N1CCN(c2cccc(C)c2)CC1.I. The highest BCUT2D eigenvalue weighted by molar-refractivity contribution is 14.0. The Morgan fingerprint density at radius 1 is 1.03 bits per heavy atom. The minimum atomic E-state index is 0. The molecule has 3 fully saturated rings. The summed E-state index contributed by atoms with van der Waals surface area (Å²) in [6.07, 6.45) is 3.42. The summed E-state index contributed by atoms with van der Waals surface area (Å²) in [6.45, 7) is 11.7. The van der Waals surface area contributed by atoms with E-state index in [4.69, 9.17) is 0 Å². The van der Waals surface area contributed by atoms with Gasteiger partial charge in [0.15, 0.2) is 5.96 Å². The number of halogens is 1. The van der Waals surface area contributed by atoms with Crippen LogP contribution in [-0.4, -0.2) is 99.1 Å². The molecule has 1 amide bonds. The molecular weight excluding hydrogens is 515 g/mol. The molecule has 1 N–H and O–H groups in total. The van der Waals surface area contributed by atoms with Crippen LogP contribution in [-0.2, 0) is 4.79 Å². The maximum atomic E-state index is 12.4. The molecule has 2 saturated heterocycles. The van der Waals surface area contributed by atoms with Crippen LogP contribution < -0.4 is 10.2 Å². The Hall–Kier alpha value is -1.55. The van der Waals surface area contributed by atoms with Gasteiger partial charge in [0.2, 0.25) is 5.91 Å². The lowest BCUT2D eigenvalue weighted by atomic mass is 9.84. The van der Waals surface area contributed by atoms with E-state index in [1.807, 2.05) is 7.05 Å². The van der Waals surface area contributed by atoms with Crippen molar-refractivity contribution in [2.75, 3.05) is 77.4 Å². The number of aryl methyl sites for hydroxylation is 1. The van der Waals surface area contributed by atoms with Crippen LogP contribution >= 0.6 is 24.0 Å². The quantitative estimate of drug-likeness (QED) is 0.344. The van der Waals surface area contributed by atoms with E-state index < -0.39 is 0 Å². The number of piperazine rings is 2. The van der Waals surface area contributed by atoms with Crippen LogP contribution in [0.1, 0.15) is 24.8 Å². The zero-order chi connectivity index (χ0) is 21.6. The molecule has 1 aromatic rings. The Bertz CT molecular complexity index is 768. The molecule has 3 aliphatic rings. The van der Waals surface area contributed by atoms with Gasteiger partial charge in [0.25, 0.3) is 0 Å². The Balaban J connectivity index is 0.00000289. The molecule has 7 nitrogen and oxygen atoms in total. The van der Waals surface area contributed by atoms with Crippen molar-refractivity contribution in [2.24, 2.45) is 10.9 Å². The maximum Gasteiger partial charge on any atom is 0.225 e. The van der Waals surface area contributed by atoms with Crippen LogP contribution in [0.15, 0.2) is 29.3 Å². The highest BCUT2D eigenvalue weighted by Gasteiger charge is 2.31.